The van der Waals surface area contributed by atoms with Crippen LogP contribution in [0.15, 0.2) is 10.4 Å². The molecule has 4 heteroatoms. The highest BCUT2D eigenvalue weighted by Gasteiger charge is 2.03. The molecule has 0 aliphatic heterocycles. The molecule has 0 spiro atoms. The zero-order chi connectivity index (χ0) is 13.4. The Kier molecular flexibility index (Phi) is 6.33. The summed E-state index contributed by atoms with van der Waals surface area (Å²) in [6.45, 7) is 4.39. The summed E-state index contributed by atoms with van der Waals surface area (Å²) in [6, 6.07) is 0. The number of hydrogen-bond donors (Lipinski definition) is 3. The number of imidazole rings is 1. The van der Waals surface area contributed by atoms with Crippen molar-refractivity contribution >= 4 is 11.9 Å². The second-order valence-electron chi connectivity index (χ2n) is 4.77. The largest absolute Gasteiger partial charge is 0.383 e. The number of hydrogen-bond acceptors (Lipinski definition) is 2. The summed E-state index contributed by atoms with van der Waals surface area (Å²) in [4.78, 5) is 16.4. The van der Waals surface area contributed by atoms with Crippen LogP contribution in [0.4, 0.5) is 5.82 Å². The van der Waals surface area contributed by atoms with Crippen molar-refractivity contribution in [2.45, 2.75) is 58.8 Å². The quantitative estimate of drug-likeness (QED) is 0.619. The summed E-state index contributed by atoms with van der Waals surface area (Å²) in [5, 5.41) is 0. The number of rotatable bonds is 8. The number of unbranched alkanes of at least 4 members (excludes halogenated alkanes) is 3. The second-order valence-corrected chi connectivity index (χ2v) is 4.77. The van der Waals surface area contributed by atoms with E-state index in [0.717, 1.165) is 25.0 Å². The lowest BCUT2D eigenvalue weighted by molar-refractivity contribution is 0.654. The third-order valence-electron chi connectivity index (χ3n) is 3.06. The van der Waals surface area contributed by atoms with Crippen LogP contribution < -0.4 is 11.4 Å². The van der Waals surface area contributed by atoms with E-state index in [1.54, 1.807) is 0 Å². The molecule has 18 heavy (non-hydrogen) atoms. The van der Waals surface area contributed by atoms with Crippen molar-refractivity contribution in [3.63, 3.8) is 0 Å². The molecule has 1 heterocycles. The van der Waals surface area contributed by atoms with Gasteiger partial charge >= 0.3 is 5.69 Å². The van der Waals surface area contributed by atoms with Gasteiger partial charge < -0.3 is 10.7 Å². The van der Waals surface area contributed by atoms with Crippen LogP contribution in [0.1, 0.15) is 64.5 Å². The Labute approximate surface area is 109 Å². The smallest absolute Gasteiger partial charge is 0.324 e. The summed E-state index contributed by atoms with van der Waals surface area (Å²) in [5.41, 5.74) is 7.59. The highest BCUT2D eigenvalue weighted by Crippen LogP contribution is 2.19. The van der Waals surface area contributed by atoms with E-state index in [9.17, 15) is 4.79 Å². The van der Waals surface area contributed by atoms with Crippen molar-refractivity contribution in [3.8, 4) is 0 Å². The van der Waals surface area contributed by atoms with Crippen molar-refractivity contribution in [2.75, 3.05) is 5.73 Å². The van der Waals surface area contributed by atoms with Crippen molar-refractivity contribution < 1.29 is 0 Å². The van der Waals surface area contributed by atoms with Crippen LogP contribution in [0.5, 0.6) is 0 Å². The van der Waals surface area contributed by atoms with Crippen molar-refractivity contribution in [1.29, 1.82) is 0 Å². The van der Waals surface area contributed by atoms with E-state index in [4.69, 9.17) is 5.73 Å². The predicted molar refractivity (Wildman–Crippen MR) is 77.5 cm³/mol. The highest BCUT2D eigenvalue weighted by atomic mass is 16.1. The normalized spacial score (nSPS) is 12.0. The maximum atomic E-state index is 11.1. The topological polar surface area (TPSA) is 74.7 Å². The molecule has 0 fully saturated rings. The molecule has 1 aromatic heterocycles. The zero-order valence-electron chi connectivity index (χ0n) is 11.5. The van der Waals surface area contributed by atoms with Crippen LogP contribution in [-0.4, -0.2) is 9.97 Å². The molecule has 0 saturated heterocycles. The lowest BCUT2D eigenvalue weighted by atomic mass is 10.0. The highest BCUT2D eigenvalue weighted by molar-refractivity contribution is 5.59. The molecule has 1 aromatic rings. The van der Waals surface area contributed by atoms with Gasteiger partial charge in [-0.25, -0.2) is 4.79 Å². The number of nitrogen functional groups attached to an aromatic ring is 1. The van der Waals surface area contributed by atoms with Gasteiger partial charge in [0.1, 0.15) is 5.82 Å². The number of aromatic nitrogens is 2. The molecule has 102 valence electrons. The Hall–Kier alpha value is -1.45. The average Bonchev–Trinajstić information content (AvgIpc) is 2.63. The molecule has 0 atom stereocenters. The first kappa shape index (κ1) is 14.6. The third-order valence-corrected chi connectivity index (χ3v) is 3.06. The number of H-pyrrole nitrogens is 2. The van der Waals surface area contributed by atoms with Gasteiger partial charge in [0.2, 0.25) is 0 Å². The van der Waals surface area contributed by atoms with Gasteiger partial charge in [0.25, 0.3) is 0 Å². The third kappa shape index (κ3) is 4.82. The lowest BCUT2D eigenvalue weighted by Gasteiger charge is -2.06. The van der Waals surface area contributed by atoms with Gasteiger partial charge in [-0.2, -0.15) is 0 Å². The summed E-state index contributed by atoms with van der Waals surface area (Å²) in [7, 11) is 0. The standard InChI is InChI=1S/C14H25N3O/c1-3-5-6-7-9-11(8-4-2)10-12-13(15)17-14(18)16-12/h10H,3-9,15H2,1-2H3,(H2,16,17,18)/b11-10+. The van der Waals surface area contributed by atoms with E-state index in [1.165, 1.54) is 31.3 Å². The second kappa shape index (κ2) is 7.80. The fourth-order valence-corrected chi connectivity index (χ4v) is 2.10. The molecule has 4 nitrogen and oxygen atoms in total. The van der Waals surface area contributed by atoms with Crippen molar-refractivity contribution in [2.24, 2.45) is 0 Å². The molecule has 0 amide bonds. The predicted octanol–water partition coefficient (Wildman–Crippen LogP) is 3.44. The Bertz CT molecular complexity index is 428. The molecule has 0 unspecified atom stereocenters. The van der Waals surface area contributed by atoms with Gasteiger partial charge in [-0.3, -0.25) is 4.98 Å². The van der Waals surface area contributed by atoms with Gasteiger partial charge in [-0.15, -0.1) is 0 Å². The minimum absolute atomic E-state index is 0.236. The Morgan fingerprint density at radius 1 is 1.11 bits per heavy atom. The first-order chi connectivity index (χ1) is 8.67. The van der Waals surface area contributed by atoms with Crippen LogP contribution in [0.2, 0.25) is 0 Å². The van der Waals surface area contributed by atoms with Gasteiger partial charge in [0.15, 0.2) is 0 Å². The van der Waals surface area contributed by atoms with Crippen LogP contribution in [0.25, 0.3) is 6.08 Å². The van der Waals surface area contributed by atoms with Gasteiger partial charge in [-0.1, -0.05) is 45.1 Å². The van der Waals surface area contributed by atoms with E-state index in [2.05, 4.69) is 23.8 Å². The van der Waals surface area contributed by atoms with Crippen LogP contribution in [0.3, 0.4) is 0 Å². The van der Waals surface area contributed by atoms with Crippen LogP contribution >= 0.6 is 0 Å². The van der Waals surface area contributed by atoms with Gasteiger partial charge in [0, 0.05) is 0 Å². The summed E-state index contributed by atoms with van der Waals surface area (Å²) < 4.78 is 0. The van der Waals surface area contributed by atoms with Crippen molar-refractivity contribution in [1.82, 2.24) is 9.97 Å². The number of anilines is 1. The number of aromatic amines is 2. The molecular weight excluding hydrogens is 226 g/mol. The van der Waals surface area contributed by atoms with E-state index in [0.29, 0.717) is 5.82 Å². The fraction of sp³-hybridized carbons (Fsp3) is 0.643. The maximum absolute atomic E-state index is 11.1. The minimum atomic E-state index is -0.236. The molecule has 1 rings (SSSR count). The molecule has 0 aliphatic rings. The van der Waals surface area contributed by atoms with Crippen molar-refractivity contribution in [3.05, 3.63) is 21.8 Å². The number of nitrogens with one attached hydrogen (secondary N) is 2. The van der Waals surface area contributed by atoms with Crippen LogP contribution in [-0.2, 0) is 0 Å². The van der Waals surface area contributed by atoms with E-state index in [-0.39, 0.29) is 5.69 Å². The Balaban J connectivity index is 2.65. The minimum Gasteiger partial charge on any atom is -0.383 e. The first-order valence-corrected chi connectivity index (χ1v) is 6.94. The Morgan fingerprint density at radius 3 is 2.44 bits per heavy atom. The van der Waals surface area contributed by atoms with Crippen LogP contribution in [0, 0.1) is 0 Å². The zero-order valence-corrected chi connectivity index (χ0v) is 11.5. The van der Waals surface area contributed by atoms with E-state index < -0.39 is 0 Å². The molecule has 0 aliphatic carbocycles. The first-order valence-electron chi connectivity index (χ1n) is 6.94. The SMILES string of the molecule is CCCCCC/C(=C/c1[nH]c(=O)[nH]c1N)CCC. The summed E-state index contributed by atoms with van der Waals surface area (Å²) in [5.74, 6) is 0.433. The number of nitrogens with two attached hydrogens (primary N) is 1. The molecule has 0 bridgehead atoms. The Morgan fingerprint density at radius 2 is 1.89 bits per heavy atom. The average molecular weight is 251 g/mol. The molecule has 4 N–H and O–H groups in total. The van der Waals surface area contributed by atoms with Gasteiger partial charge in [-0.05, 0) is 25.3 Å². The molecule has 0 radical (unpaired) electrons. The molecular formula is C14H25N3O. The lowest BCUT2D eigenvalue weighted by Crippen LogP contribution is -2.00. The summed E-state index contributed by atoms with van der Waals surface area (Å²) in [6.07, 6.45) is 10.4. The monoisotopic (exact) mass is 251 g/mol. The molecule has 0 saturated carbocycles. The molecule has 0 aromatic carbocycles. The van der Waals surface area contributed by atoms with E-state index in [1.807, 2.05) is 6.08 Å². The maximum Gasteiger partial charge on any atom is 0.324 e. The fourth-order valence-electron chi connectivity index (χ4n) is 2.10. The summed E-state index contributed by atoms with van der Waals surface area (Å²) >= 11 is 0. The number of allylic oxidation sites excluding steroid dienone is 1. The van der Waals surface area contributed by atoms with E-state index >= 15 is 0 Å². The van der Waals surface area contributed by atoms with Gasteiger partial charge in [0.05, 0.1) is 5.69 Å².